The summed E-state index contributed by atoms with van der Waals surface area (Å²) in [6.45, 7) is 0. The Morgan fingerprint density at radius 3 is 2.67 bits per heavy atom. The van der Waals surface area contributed by atoms with Crippen molar-refractivity contribution in [3.8, 4) is 11.5 Å². The van der Waals surface area contributed by atoms with Crippen LogP contribution in [-0.4, -0.2) is 19.9 Å². The Morgan fingerprint density at radius 2 is 1.88 bits per heavy atom. The van der Waals surface area contributed by atoms with Crippen LogP contribution in [0.15, 0.2) is 58.0 Å². The maximum absolute atomic E-state index is 5.94. The molecular weight excluding hydrogens is 304 g/mol. The number of benzene rings is 2. The third kappa shape index (κ3) is 2.48. The SMILES string of the molecule is COc1ccc(C2=NNC(c3cc4ccccc4o3)C2)cc1OC. The van der Waals surface area contributed by atoms with Gasteiger partial charge in [-0.3, -0.25) is 5.43 Å². The first-order valence-electron chi connectivity index (χ1n) is 7.81. The number of hydrogen-bond donors (Lipinski definition) is 1. The molecule has 0 saturated heterocycles. The van der Waals surface area contributed by atoms with Crippen LogP contribution in [-0.2, 0) is 0 Å². The third-order valence-corrected chi connectivity index (χ3v) is 4.26. The van der Waals surface area contributed by atoms with Crippen LogP contribution in [0.5, 0.6) is 11.5 Å². The Labute approximate surface area is 139 Å². The summed E-state index contributed by atoms with van der Waals surface area (Å²) in [6.07, 6.45) is 0.759. The molecule has 1 unspecified atom stereocenters. The summed E-state index contributed by atoms with van der Waals surface area (Å²) in [5, 5.41) is 5.58. The standard InChI is InChI=1S/C19H18N2O3/c1-22-17-8-7-12(9-19(17)23-2)14-11-15(21-20-14)18-10-13-5-3-4-6-16(13)24-18/h3-10,15,21H,11H2,1-2H3. The van der Waals surface area contributed by atoms with Gasteiger partial charge in [0.25, 0.3) is 0 Å². The quantitative estimate of drug-likeness (QED) is 0.792. The number of fused-ring (bicyclic) bond motifs is 1. The van der Waals surface area contributed by atoms with Crippen molar-refractivity contribution in [2.24, 2.45) is 5.10 Å². The summed E-state index contributed by atoms with van der Waals surface area (Å²) in [5.74, 6) is 2.31. The van der Waals surface area contributed by atoms with Gasteiger partial charge in [-0.15, -0.1) is 0 Å². The number of furan rings is 1. The summed E-state index contributed by atoms with van der Waals surface area (Å²) < 4.78 is 16.6. The van der Waals surface area contributed by atoms with Crippen molar-refractivity contribution in [1.29, 1.82) is 0 Å². The van der Waals surface area contributed by atoms with Crippen molar-refractivity contribution in [3.63, 3.8) is 0 Å². The van der Waals surface area contributed by atoms with Gasteiger partial charge in [-0.1, -0.05) is 18.2 Å². The summed E-state index contributed by atoms with van der Waals surface area (Å²) in [6, 6.07) is 15.9. The van der Waals surface area contributed by atoms with E-state index < -0.39 is 0 Å². The molecular formula is C19H18N2O3. The molecule has 5 heteroatoms. The maximum Gasteiger partial charge on any atom is 0.161 e. The van der Waals surface area contributed by atoms with Crippen molar-refractivity contribution in [2.75, 3.05) is 14.2 Å². The lowest BCUT2D eigenvalue weighted by molar-refractivity contribution is 0.355. The van der Waals surface area contributed by atoms with Crippen LogP contribution in [0.1, 0.15) is 23.8 Å². The molecule has 1 N–H and O–H groups in total. The Morgan fingerprint density at radius 1 is 1.04 bits per heavy atom. The van der Waals surface area contributed by atoms with E-state index in [0.29, 0.717) is 11.5 Å². The highest BCUT2D eigenvalue weighted by Crippen LogP contribution is 2.32. The minimum absolute atomic E-state index is 0.0421. The fraction of sp³-hybridized carbons (Fsp3) is 0.211. The van der Waals surface area contributed by atoms with Crippen LogP contribution in [0.4, 0.5) is 0 Å². The summed E-state index contributed by atoms with van der Waals surface area (Å²) in [5.41, 5.74) is 6.05. The number of hydrogen-bond acceptors (Lipinski definition) is 5. The molecule has 1 atom stereocenters. The van der Waals surface area contributed by atoms with Crippen molar-refractivity contribution in [2.45, 2.75) is 12.5 Å². The molecule has 24 heavy (non-hydrogen) atoms. The largest absolute Gasteiger partial charge is 0.493 e. The molecule has 5 nitrogen and oxygen atoms in total. The van der Waals surface area contributed by atoms with Gasteiger partial charge in [0.2, 0.25) is 0 Å². The first-order valence-corrected chi connectivity index (χ1v) is 7.81. The van der Waals surface area contributed by atoms with Crippen LogP contribution < -0.4 is 14.9 Å². The zero-order valence-electron chi connectivity index (χ0n) is 13.6. The Balaban J connectivity index is 1.57. The van der Waals surface area contributed by atoms with E-state index in [2.05, 4.69) is 16.6 Å². The molecule has 4 rings (SSSR count). The second kappa shape index (κ2) is 5.92. The smallest absolute Gasteiger partial charge is 0.161 e. The van der Waals surface area contributed by atoms with Gasteiger partial charge >= 0.3 is 0 Å². The second-order valence-corrected chi connectivity index (χ2v) is 5.70. The number of rotatable bonds is 4. The predicted octanol–water partition coefficient (Wildman–Crippen LogP) is 3.89. The van der Waals surface area contributed by atoms with E-state index in [1.54, 1.807) is 14.2 Å². The Hall–Kier alpha value is -2.95. The molecule has 1 aromatic heterocycles. The molecule has 0 spiro atoms. The van der Waals surface area contributed by atoms with Gasteiger partial charge in [0.05, 0.1) is 19.9 Å². The van der Waals surface area contributed by atoms with Gasteiger partial charge < -0.3 is 13.9 Å². The highest BCUT2D eigenvalue weighted by Gasteiger charge is 2.25. The molecule has 0 radical (unpaired) electrons. The highest BCUT2D eigenvalue weighted by atomic mass is 16.5. The van der Waals surface area contributed by atoms with E-state index in [-0.39, 0.29) is 6.04 Å². The van der Waals surface area contributed by atoms with Crippen LogP contribution in [0, 0.1) is 0 Å². The lowest BCUT2D eigenvalue weighted by atomic mass is 10.0. The summed E-state index contributed by atoms with van der Waals surface area (Å²) >= 11 is 0. The first-order chi connectivity index (χ1) is 11.8. The zero-order valence-corrected chi connectivity index (χ0v) is 13.6. The highest BCUT2D eigenvalue weighted by molar-refractivity contribution is 6.02. The van der Waals surface area contributed by atoms with Crippen LogP contribution in [0.25, 0.3) is 11.0 Å². The van der Waals surface area contributed by atoms with Gasteiger partial charge in [-0.05, 0) is 30.3 Å². The zero-order chi connectivity index (χ0) is 16.5. The monoisotopic (exact) mass is 322 g/mol. The number of nitrogens with one attached hydrogen (secondary N) is 1. The predicted molar refractivity (Wildman–Crippen MR) is 92.8 cm³/mol. The van der Waals surface area contributed by atoms with Gasteiger partial charge in [0, 0.05) is 17.4 Å². The molecule has 1 aliphatic rings. The maximum atomic E-state index is 5.94. The molecule has 1 aliphatic heterocycles. The van der Waals surface area contributed by atoms with E-state index >= 15 is 0 Å². The average Bonchev–Trinajstić information content (AvgIpc) is 3.27. The molecule has 0 saturated carbocycles. The van der Waals surface area contributed by atoms with Gasteiger partial charge in [-0.2, -0.15) is 5.10 Å². The van der Waals surface area contributed by atoms with E-state index in [9.17, 15) is 0 Å². The summed E-state index contributed by atoms with van der Waals surface area (Å²) in [7, 11) is 3.26. The molecule has 122 valence electrons. The van der Waals surface area contributed by atoms with Gasteiger partial charge in [-0.25, -0.2) is 0 Å². The van der Waals surface area contributed by atoms with E-state index in [1.807, 2.05) is 42.5 Å². The third-order valence-electron chi connectivity index (χ3n) is 4.26. The fourth-order valence-electron chi connectivity index (χ4n) is 2.98. The molecule has 0 aliphatic carbocycles. The van der Waals surface area contributed by atoms with Crippen molar-refractivity contribution in [1.82, 2.24) is 5.43 Å². The van der Waals surface area contributed by atoms with Gasteiger partial charge in [0.1, 0.15) is 17.4 Å². The number of ether oxygens (including phenoxy) is 2. The number of nitrogens with zero attached hydrogens (tertiary/aromatic N) is 1. The lowest BCUT2D eigenvalue weighted by Crippen LogP contribution is -2.08. The normalized spacial score (nSPS) is 16.8. The van der Waals surface area contributed by atoms with Crippen LogP contribution >= 0.6 is 0 Å². The molecule has 2 heterocycles. The molecule has 3 aromatic rings. The minimum Gasteiger partial charge on any atom is -0.493 e. The first kappa shape index (κ1) is 14.6. The minimum atomic E-state index is 0.0421. The molecule has 0 amide bonds. The van der Waals surface area contributed by atoms with E-state index in [1.165, 1.54) is 0 Å². The number of hydrazone groups is 1. The van der Waals surface area contributed by atoms with E-state index in [0.717, 1.165) is 34.4 Å². The van der Waals surface area contributed by atoms with Crippen molar-refractivity contribution < 1.29 is 13.9 Å². The van der Waals surface area contributed by atoms with E-state index in [4.69, 9.17) is 13.9 Å². The van der Waals surface area contributed by atoms with Crippen LogP contribution in [0.2, 0.25) is 0 Å². The topological polar surface area (TPSA) is 56.0 Å². The number of methoxy groups -OCH3 is 2. The fourth-order valence-corrected chi connectivity index (χ4v) is 2.98. The van der Waals surface area contributed by atoms with Crippen LogP contribution in [0.3, 0.4) is 0 Å². The summed E-state index contributed by atoms with van der Waals surface area (Å²) in [4.78, 5) is 0. The van der Waals surface area contributed by atoms with Gasteiger partial charge in [0.15, 0.2) is 11.5 Å². The second-order valence-electron chi connectivity index (χ2n) is 5.70. The van der Waals surface area contributed by atoms with Crippen molar-refractivity contribution >= 4 is 16.7 Å². The number of para-hydroxylation sites is 1. The Bertz CT molecular complexity index is 881. The van der Waals surface area contributed by atoms with Crippen molar-refractivity contribution in [3.05, 3.63) is 59.9 Å². The lowest BCUT2D eigenvalue weighted by Gasteiger charge is -2.09. The Kier molecular flexibility index (Phi) is 3.61. The molecule has 0 fully saturated rings. The average molecular weight is 322 g/mol. The molecule has 2 aromatic carbocycles. The molecule has 0 bridgehead atoms.